The van der Waals surface area contributed by atoms with Crippen LogP contribution in [0, 0.1) is 0 Å². The molecule has 0 unspecified atom stereocenters. The highest BCUT2D eigenvalue weighted by molar-refractivity contribution is 7.98. The maximum absolute atomic E-state index is 5.84. The first-order valence-corrected chi connectivity index (χ1v) is 7.76. The molecule has 5 nitrogen and oxygen atoms in total. The van der Waals surface area contributed by atoms with Gasteiger partial charge in [0.25, 0.3) is 0 Å². The van der Waals surface area contributed by atoms with E-state index in [1.165, 1.54) is 31.0 Å². The molecule has 1 aromatic heterocycles. The van der Waals surface area contributed by atoms with Crippen molar-refractivity contribution < 1.29 is 0 Å². The molecule has 0 saturated heterocycles. The number of hydrogen-bond donors (Lipinski definition) is 1. The summed E-state index contributed by atoms with van der Waals surface area (Å²) in [5.74, 6) is 1.44. The molecule has 0 atom stereocenters. The van der Waals surface area contributed by atoms with E-state index in [9.17, 15) is 0 Å². The summed E-state index contributed by atoms with van der Waals surface area (Å²) in [4.78, 5) is 13.3. The van der Waals surface area contributed by atoms with Gasteiger partial charge < -0.3 is 15.5 Å². The normalized spacial score (nSPS) is 17.3. The van der Waals surface area contributed by atoms with E-state index in [1.54, 1.807) is 0 Å². The summed E-state index contributed by atoms with van der Waals surface area (Å²) in [6.07, 6.45) is 5.78. The van der Waals surface area contributed by atoms with E-state index in [2.05, 4.69) is 40.9 Å². The Morgan fingerprint density at radius 1 is 1.32 bits per heavy atom. The standard InChI is InChI=1S/C13H23N5S/c1-17(2)13(6-5-7-13)9-18(3)11-8-10(14)15-12(16-11)19-4/h8H,5-7,9H2,1-4H3,(H2,14,15,16). The van der Waals surface area contributed by atoms with E-state index in [0.717, 1.165) is 17.5 Å². The number of aromatic nitrogens is 2. The summed E-state index contributed by atoms with van der Waals surface area (Å²) in [5.41, 5.74) is 6.13. The van der Waals surface area contributed by atoms with Gasteiger partial charge in [-0.3, -0.25) is 0 Å². The minimum Gasteiger partial charge on any atom is -0.383 e. The van der Waals surface area contributed by atoms with Crippen molar-refractivity contribution in [2.24, 2.45) is 0 Å². The quantitative estimate of drug-likeness (QED) is 0.655. The summed E-state index contributed by atoms with van der Waals surface area (Å²) in [7, 11) is 6.40. The van der Waals surface area contributed by atoms with Gasteiger partial charge in [-0.1, -0.05) is 11.8 Å². The first-order chi connectivity index (χ1) is 8.97. The highest BCUT2D eigenvalue weighted by Crippen LogP contribution is 2.37. The van der Waals surface area contributed by atoms with Crippen molar-refractivity contribution in [1.29, 1.82) is 0 Å². The molecule has 6 heteroatoms. The second-order valence-electron chi connectivity index (χ2n) is 5.47. The highest BCUT2D eigenvalue weighted by Gasteiger charge is 2.40. The molecule has 1 aromatic rings. The average Bonchev–Trinajstić information content (AvgIpc) is 2.32. The Morgan fingerprint density at radius 3 is 2.47 bits per heavy atom. The zero-order chi connectivity index (χ0) is 14.0. The summed E-state index contributed by atoms with van der Waals surface area (Å²) in [6, 6.07) is 1.85. The maximum atomic E-state index is 5.84. The van der Waals surface area contributed by atoms with Crippen molar-refractivity contribution >= 4 is 23.4 Å². The fourth-order valence-corrected chi connectivity index (χ4v) is 2.95. The van der Waals surface area contributed by atoms with Gasteiger partial charge in [-0.15, -0.1) is 0 Å². The van der Waals surface area contributed by atoms with E-state index in [-0.39, 0.29) is 5.54 Å². The van der Waals surface area contributed by atoms with E-state index in [4.69, 9.17) is 5.73 Å². The molecule has 0 amide bonds. The summed E-state index contributed by atoms with van der Waals surface area (Å²) in [6.45, 7) is 0.976. The van der Waals surface area contributed by atoms with Gasteiger partial charge in [0.05, 0.1) is 0 Å². The number of rotatable bonds is 5. The molecule has 0 spiro atoms. The molecule has 1 saturated carbocycles. The fraction of sp³-hybridized carbons (Fsp3) is 0.692. The zero-order valence-corrected chi connectivity index (χ0v) is 13.0. The molecule has 1 aliphatic carbocycles. The number of nitrogen functional groups attached to an aromatic ring is 1. The highest BCUT2D eigenvalue weighted by atomic mass is 32.2. The third kappa shape index (κ3) is 2.95. The summed E-state index contributed by atoms with van der Waals surface area (Å²) >= 11 is 1.52. The Labute approximate surface area is 119 Å². The smallest absolute Gasteiger partial charge is 0.191 e. The molecular weight excluding hydrogens is 258 g/mol. The predicted octanol–water partition coefficient (Wildman–Crippen LogP) is 1.70. The lowest BCUT2D eigenvalue weighted by Gasteiger charge is -2.49. The Morgan fingerprint density at radius 2 is 2.00 bits per heavy atom. The number of hydrogen-bond acceptors (Lipinski definition) is 6. The summed E-state index contributed by atoms with van der Waals surface area (Å²) in [5, 5.41) is 0.731. The molecule has 0 aliphatic heterocycles. The first-order valence-electron chi connectivity index (χ1n) is 6.54. The van der Waals surface area contributed by atoms with Gasteiger partial charge >= 0.3 is 0 Å². The molecule has 106 valence electrons. The van der Waals surface area contributed by atoms with Crippen LogP contribution >= 0.6 is 11.8 Å². The van der Waals surface area contributed by atoms with Gasteiger partial charge in [0.1, 0.15) is 11.6 Å². The van der Waals surface area contributed by atoms with Crippen LogP contribution in [-0.2, 0) is 0 Å². The van der Waals surface area contributed by atoms with Crippen LogP contribution in [0.4, 0.5) is 11.6 Å². The number of anilines is 2. The molecule has 0 radical (unpaired) electrons. The second kappa shape index (κ2) is 5.54. The molecule has 2 rings (SSSR count). The van der Waals surface area contributed by atoms with Crippen LogP contribution < -0.4 is 10.6 Å². The van der Waals surface area contributed by atoms with Gasteiger partial charge in [-0.25, -0.2) is 9.97 Å². The van der Waals surface area contributed by atoms with Gasteiger partial charge in [0.15, 0.2) is 5.16 Å². The Kier molecular flexibility index (Phi) is 4.20. The third-order valence-electron chi connectivity index (χ3n) is 4.05. The second-order valence-corrected chi connectivity index (χ2v) is 6.24. The lowest BCUT2D eigenvalue weighted by Crippen LogP contribution is -2.56. The van der Waals surface area contributed by atoms with Crippen LogP contribution in [0.1, 0.15) is 19.3 Å². The van der Waals surface area contributed by atoms with Crippen molar-refractivity contribution in [3.63, 3.8) is 0 Å². The number of nitrogens with two attached hydrogens (primary N) is 1. The SMILES string of the molecule is CSc1nc(N)cc(N(C)CC2(N(C)C)CCC2)n1. The van der Waals surface area contributed by atoms with Crippen molar-refractivity contribution in [3.8, 4) is 0 Å². The lowest BCUT2D eigenvalue weighted by molar-refractivity contribution is 0.0681. The monoisotopic (exact) mass is 281 g/mol. The van der Waals surface area contributed by atoms with Crippen LogP contribution in [0.15, 0.2) is 11.2 Å². The molecule has 0 aromatic carbocycles. The molecule has 2 N–H and O–H groups in total. The Balaban J connectivity index is 2.15. The maximum Gasteiger partial charge on any atom is 0.191 e. The van der Waals surface area contributed by atoms with Crippen molar-refractivity contribution in [1.82, 2.24) is 14.9 Å². The number of nitrogens with zero attached hydrogens (tertiary/aromatic N) is 4. The van der Waals surface area contributed by atoms with Crippen LogP contribution in [0.25, 0.3) is 0 Å². The van der Waals surface area contributed by atoms with Crippen LogP contribution in [-0.4, -0.2) is 54.4 Å². The van der Waals surface area contributed by atoms with Gasteiger partial charge in [-0.05, 0) is 39.6 Å². The molecule has 0 bridgehead atoms. The Bertz CT molecular complexity index is 445. The average molecular weight is 281 g/mol. The number of likely N-dealkylation sites (N-methyl/N-ethyl adjacent to an activating group) is 2. The van der Waals surface area contributed by atoms with Crippen LogP contribution in [0.3, 0.4) is 0 Å². The molecule has 19 heavy (non-hydrogen) atoms. The first kappa shape index (κ1) is 14.4. The van der Waals surface area contributed by atoms with Gasteiger partial charge in [-0.2, -0.15) is 0 Å². The molecule has 1 heterocycles. The van der Waals surface area contributed by atoms with E-state index < -0.39 is 0 Å². The molecule has 1 fully saturated rings. The fourth-order valence-electron chi connectivity index (χ4n) is 2.57. The van der Waals surface area contributed by atoms with Crippen molar-refractivity contribution in [3.05, 3.63) is 6.07 Å². The third-order valence-corrected chi connectivity index (χ3v) is 4.60. The minimum absolute atomic E-state index is 0.286. The zero-order valence-electron chi connectivity index (χ0n) is 12.2. The van der Waals surface area contributed by atoms with Crippen molar-refractivity contribution in [2.75, 3.05) is 44.6 Å². The Hall–Kier alpha value is -1.01. The minimum atomic E-state index is 0.286. The predicted molar refractivity (Wildman–Crippen MR) is 81.8 cm³/mol. The lowest BCUT2D eigenvalue weighted by atomic mass is 9.75. The van der Waals surface area contributed by atoms with E-state index in [0.29, 0.717) is 5.82 Å². The molecule has 1 aliphatic rings. The van der Waals surface area contributed by atoms with E-state index >= 15 is 0 Å². The van der Waals surface area contributed by atoms with Crippen molar-refractivity contribution in [2.45, 2.75) is 30.0 Å². The van der Waals surface area contributed by atoms with Gasteiger partial charge in [0.2, 0.25) is 0 Å². The van der Waals surface area contributed by atoms with Crippen LogP contribution in [0.5, 0.6) is 0 Å². The largest absolute Gasteiger partial charge is 0.383 e. The van der Waals surface area contributed by atoms with Crippen LogP contribution in [0.2, 0.25) is 0 Å². The summed E-state index contributed by atoms with van der Waals surface area (Å²) < 4.78 is 0. The molecular formula is C13H23N5S. The number of thioether (sulfide) groups is 1. The van der Waals surface area contributed by atoms with Gasteiger partial charge in [0, 0.05) is 25.2 Å². The topological polar surface area (TPSA) is 58.3 Å². The van der Waals surface area contributed by atoms with E-state index in [1.807, 2.05) is 12.3 Å².